The molecule has 0 aromatic heterocycles. The maximum absolute atomic E-state index is 12.4. The second kappa shape index (κ2) is 12.4. The van der Waals surface area contributed by atoms with Gasteiger partial charge in [-0.2, -0.15) is 0 Å². The standard InChI is InChI=1S/C23H35NO3/c1-26-21-16-14-19(18-22(21)27-2)15-17-23(25)24-20-12-10-8-6-4-3-5-7-9-11-13-20/h14-18,20H,3-13H2,1-2H3,(H,24,25)/b17-15+. The first kappa shape index (κ1) is 21.3. The van der Waals surface area contributed by atoms with Crippen molar-refractivity contribution < 1.29 is 14.3 Å². The molecule has 150 valence electrons. The summed E-state index contributed by atoms with van der Waals surface area (Å²) in [5.41, 5.74) is 0.918. The number of rotatable bonds is 5. The maximum Gasteiger partial charge on any atom is 0.244 e. The van der Waals surface area contributed by atoms with Gasteiger partial charge in [-0.1, -0.05) is 63.9 Å². The SMILES string of the molecule is COc1ccc(/C=C/C(=O)NC2CCCCCCCCCCC2)cc1OC. The largest absolute Gasteiger partial charge is 0.493 e. The van der Waals surface area contributed by atoms with E-state index < -0.39 is 0 Å². The zero-order valence-corrected chi connectivity index (χ0v) is 17.0. The van der Waals surface area contributed by atoms with Gasteiger partial charge in [0, 0.05) is 12.1 Å². The molecule has 2 rings (SSSR count). The molecule has 1 aliphatic rings. The molecule has 0 bridgehead atoms. The second-order valence-corrected chi connectivity index (χ2v) is 7.41. The summed E-state index contributed by atoms with van der Waals surface area (Å²) in [6.07, 6.45) is 17.4. The van der Waals surface area contributed by atoms with Crippen LogP contribution in [0.4, 0.5) is 0 Å². The minimum atomic E-state index is -0.0121. The predicted molar refractivity (Wildman–Crippen MR) is 111 cm³/mol. The van der Waals surface area contributed by atoms with Gasteiger partial charge in [-0.3, -0.25) is 4.79 Å². The number of hydrogen-bond acceptors (Lipinski definition) is 3. The van der Waals surface area contributed by atoms with Gasteiger partial charge in [0.2, 0.25) is 5.91 Å². The number of ether oxygens (including phenoxy) is 2. The first-order chi connectivity index (χ1) is 13.2. The van der Waals surface area contributed by atoms with Gasteiger partial charge in [-0.25, -0.2) is 0 Å². The molecular formula is C23H35NO3. The Morgan fingerprint density at radius 2 is 1.44 bits per heavy atom. The Balaban J connectivity index is 1.88. The molecule has 0 unspecified atom stereocenters. The van der Waals surface area contributed by atoms with E-state index in [0.717, 1.165) is 18.4 Å². The van der Waals surface area contributed by atoms with Gasteiger partial charge in [0.1, 0.15) is 0 Å². The fourth-order valence-electron chi connectivity index (χ4n) is 3.69. The fraction of sp³-hybridized carbons (Fsp3) is 0.609. The van der Waals surface area contributed by atoms with Crippen molar-refractivity contribution in [1.29, 1.82) is 0 Å². The van der Waals surface area contributed by atoms with Crippen molar-refractivity contribution in [2.75, 3.05) is 14.2 Å². The lowest BCUT2D eigenvalue weighted by atomic mass is 9.98. The van der Waals surface area contributed by atoms with E-state index in [-0.39, 0.29) is 5.91 Å². The van der Waals surface area contributed by atoms with E-state index in [9.17, 15) is 4.79 Å². The summed E-state index contributed by atoms with van der Waals surface area (Å²) < 4.78 is 10.6. The van der Waals surface area contributed by atoms with Gasteiger partial charge in [-0.05, 0) is 36.6 Å². The molecule has 1 aliphatic carbocycles. The molecule has 0 atom stereocenters. The van der Waals surface area contributed by atoms with Crippen LogP contribution in [-0.4, -0.2) is 26.2 Å². The van der Waals surface area contributed by atoms with Gasteiger partial charge in [0.15, 0.2) is 11.5 Å². The summed E-state index contributed by atoms with van der Waals surface area (Å²) in [7, 11) is 3.23. The Kier molecular flexibility index (Phi) is 9.81. The number of nitrogens with one attached hydrogen (secondary N) is 1. The van der Waals surface area contributed by atoms with Gasteiger partial charge in [0.05, 0.1) is 14.2 Å². The Morgan fingerprint density at radius 3 is 2.00 bits per heavy atom. The van der Waals surface area contributed by atoms with E-state index in [2.05, 4.69) is 5.32 Å². The number of carbonyl (C=O) groups excluding carboxylic acids is 1. The van der Waals surface area contributed by atoms with Crippen molar-refractivity contribution in [2.45, 2.75) is 76.7 Å². The molecule has 0 saturated heterocycles. The first-order valence-corrected chi connectivity index (χ1v) is 10.4. The lowest BCUT2D eigenvalue weighted by molar-refractivity contribution is -0.117. The first-order valence-electron chi connectivity index (χ1n) is 10.4. The van der Waals surface area contributed by atoms with Gasteiger partial charge < -0.3 is 14.8 Å². The topological polar surface area (TPSA) is 47.6 Å². The summed E-state index contributed by atoms with van der Waals surface area (Å²) in [4.78, 5) is 12.4. The van der Waals surface area contributed by atoms with E-state index >= 15 is 0 Å². The molecule has 1 N–H and O–H groups in total. The van der Waals surface area contributed by atoms with Gasteiger partial charge >= 0.3 is 0 Å². The molecule has 0 radical (unpaired) electrons. The lowest BCUT2D eigenvalue weighted by Gasteiger charge is -2.18. The van der Waals surface area contributed by atoms with Crippen LogP contribution in [0.5, 0.6) is 11.5 Å². The lowest BCUT2D eigenvalue weighted by Crippen LogP contribution is -2.33. The van der Waals surface area contributed by atoms with E-state index in [1.54, 1.807) is 20.3 Å². The van der Waals surface area contributed by atoms with Gasteiger partial charge in [0.25, 0.3) is 0 Å². The quantitative estimate of drug-likeness (QED) is 0.693. The highest BCUT2D eigenvalue weighted by Gasteiger charge is 2.11. The summed E-state index contributed by atoms with van der Waals surface area (Å²) in [6, 6.07) is 5.94. The zero-order chi connectivity index (χ0) is 19.3. The monoisotopic (exact) mass is 373 g/mol. The Bertz CT molecular complexity index is 585. The highest BCUT2D eigenvalue weighted by molar-refractivity contribution is 5.92. The van der Waals surface area contributed by atoms with E-state index in [1.807, 2.05) is 24.3 Å². The maximum atomic E-state index is 12.4. The van der Waals surface area contributed by atoms with Crippen LogP contribution in [0.15, 0.2) is 24.3 Å². The molecule has 1 amide bonds. The summed E-state index contributed by atoms with van der Waals surface area (Å²) in [5.74, 6) is 1.34. The molecule has 0 aliphatic heterocycles. The highest BCUT2D eigenvalue weighted by atomic mass is 16.5. The van der Waals surface area contributed by atoms with Crippen LogP contribution >= 0.6 is 0 Å². The number of amides is 1. The molecule has 1 aromatic rings. The molecule has 0 heterocycles. The number of carbonyl (C=O) groups is 1. The molecule has 4 heteroatoms. The van der Waals surface area contributed by atoms with Crippen molar-refractivity contribution in [3.63, 3.8) is 0 Å². The molecule has 27 heavy (non-hydrogen) atoms. The van der Waals surface area contributed by atoms with Crippen LogP contribution in [0.2, 0.25) is 0 Å². The number of methoxy groups -OCH3 is 2. The summed E-state index contributed by atoms with van der Waals surface area (Å²) in [5, 5.41) is 3.21. The average molecular weight is 374 g/mol. The van der Waals surface area contributed by atoms with Crippen molar-refractivity contribution in [3.05, 3.63) is 29.8 Å². The van der Waals surface area contributed by atoms with E-state index in [1.165, 1.54) is 57.8 Å². The second-order valence-electron chi connectivity index (χ2n) is 7.41. The van der Waals surface area contributed by atoms with E-state index in [0.29, 0.717) is 17.5 Å². The van der Waals surface area contributed by atoms with Crippen LogP contribution in [-0.2, 0) is 4.79 Å². The van der Waals surface area contributed by atoms with Crippen LogP contribution < -0.4 is 14.8 Å². The Labute approximate surface area is 164 Å². The van der Waals surface area contributed by atoms with Gasteiger partial charge in [-0.15, -0.1) is 0 Å². The molecule has 1 aromatic carbocycles. The van der Waals surface area contributed by atoms with Crippen LogP contribution in [0, 0.1) is 0 Å². The van der Waals surface area contributed by atoms with Crippen molar-refractivity contribution >= 4 is 12.0 Å². The van der Waals surface area contributed by atoms with Crippen molar-refractivity contribution in [3.8, 4) is 11.5 Å². The third kappa shape index (κ3) is 8.06. The van der Waals surface area contributed by atoms with Crippen molar-refractivity contribution in [2.24, 2.45) is 0 Å². The van der Waals surface area contributed by atoms with Crippen LogP contribution in [0.1, 0.15) is 76.2 Å². The van der Waals surface area contributed by atoms with Crippen LogP contribution in [0.3, 0.4) is 0 Å². The number of benzene rings is 1. The highest BCUT2D eigenvalue weighted by Crippen LogP contribution is 2.28. The molecular weight excluding hydrogens is 338 g/mol. The van der Waals surface area contributed by atoms with Crippen molar-refractivity contribution in [1.82, 2.24) is 5.32 Å². The molecule has 4 nitrogen and oxygen atoms in total. The minimum absolute atomic E-state index is 0.0121. The predicted octanol–water partition coefficient (Wildman–Crippen LogP) is 5.51. The zero-order valence-electron chi connectivity index (χ0n) is 17.0. The third-order valence-corrected chi connectivity index (χ3v) is 5.29. The third-order valence-electron chi connectivity index (χ3n) is 5.29. The molecule has 0 spiro atoms. The smallest absolute Gasteiger partial charge is 0.244 e. The summed E-state index contributed by atoms with van der Waals surface area (Å²) >= 11 is 0. The van der Waals surface area contributed by atoms with Crippen LogP contribution in [0.25, 0.3) is 6.08 Å². The summed E-state index contributed by atoms with van der Waals surface area (Å²) in [6.45, 7) is 0. The minimum Gasteiger partial charge on any atom is -0.493 e. The number of hydrogen-bond donors (Lipinski definition) is 1. The molecule has 1 saturated carbocycles. The Hall–Kier alpha value is -1.97. The normalized spacial score (nSPS) is 17.7. The van der Waals surface area contributed by atoms with E-state index in [4.69, 9.17) is 9.47 Å². The molecule has 1 fully saturated rings. The Morgan fingerprint density at radius 1 is 0.889 bits per heavy atom. The fourth-order valence-corrected chi connectivity index (χ4v) is 3.69. The average Bonchev–Trinajstić information content (AvgIpc) is 2.68.